The van der Waals surface area contributed by atoms with Crippen LogP contribution in [-0.4, -0.2) is 26.6 Å². The highest BCUT2D eigenvalue weighted by Gasteiger charge is 2.37. The van der Waals surface area contributed by atoms with Gasteiger partial charge in [0, 0.05) is 29.4 Å². The number of phenolic OH excluding ortho intramolecular Hbond substituents is 1. The first kappa shape index (κ1) is 17.6. The Balaban J connectivity index is 1.92. The van der Waals surface area contributed by atoms with Crippen LogP contribution in [0, 0.1) is 0 Å². The maximum Gasteiger partial charge on any atom is 0.257 e. The van der Waals surface area contributed by atoms with Gasteiger partial charge in [-0.05, 0) is 30.5 Å². The van der Waals surface area contributed by atoms with Crippen LogP contribution in [0.25, 0.3) is 0 Å². The summed E-state index contributed by atoms with van der Waals surface area (Å²) in [7, 11) is 0. The van der Waals surface area contributed by atoms with Crippen molar-refractivity contribution in [1.29, 1.82) is 0 Å². The Morgan fingerprint density at radius 2 is 2.19 bits per heavy atom. The molecule has 0 amide bonds. The van der Waals surface area contributed by atoms with Crippen molar-refractivity contribution in [2.45, 2.75) is 30.3 Å². The number of aromatic nitrogens is 2. The fourth-order valence-corrected chi connectivity index (χ4v) is 4.28. The van der Waals surface area contributed by atoms with Gasteiger partial charge in [0.25, 0.3) is 5.56 Å². The molecule has 0 radical (unpaired) electrons. The summed E-state index contributed by atoms with van der Waals surface area (Å²) < 4.78 is 0. The van der Waals surface area contributed by atoms with Crippen molar-refractivity contribution in [3.63, 3.8) is 0 Å². The first-order valence-electron chi connectivity index (χ1n) is 8.78. The van der Waals surface area contributed by atoms with E-state index in [9.17, 15) is 14.7 Å². The second-order valence-electron chi connectivity index (χ2n) is 6.55. The number of thioether (sulfide) groups is 1. The summed E-state index contributed by atoms with van der Waals surface area (Å²) in [5.74, 6) is 0.704. The van der Waals surface area contributed by atoms with Crippen molar-refractivity contribution in [3.8, 4) is 5.75 Å². The Morgan fingerprint density at radius 1 is 1.33 bits per heavy atom. The molecule has 0 saturated carbocycles. The molecular formula is C20H19N3O3S. The predicted molar refractivity (Wildman–Crippen MR) is 105 cm³/mol. The molecule has 2 aromatic rings. The van der Waals surface area contributed by atoms with Crippen LogP contribution in [0.15, 0.2) is 58.1 Å². The number of allylic oxidation sites excluding steroid dienone is 2. The summed E-state index contributed by atoms with van der Waals surface area (Å²) in [6, 6.07) is 6.72. The quantitative estimate of drug-likeness (QED) is 0.427. The fraction of sp³-hybridized carbons (Fsp3) is 0.250. The van der Waals surface area contributed by atoms with Crippen molar-refractivity contribution in [3.05, 3.63) is 69.7 Å². The Morgan fingerprint density at radius 3 is 2.96 bits per heavy atom. The van der Waals surface area contributed by atoms with E-state index in [2.05, 4.69) is 21.9 Å². The molecule has 1 aliphatic carbocycles. The zero-order chi connectivity index (χ0) is 19.0. The molecule has 1 aromatic carbocycles. The number of anilines is 1. The highest BCUT2D eigenvalue weighted by molar-refractivity contribution is 7.99. The minimum absolute atomic E-state index is 0.0345. The third-order valence-corrected chi connectivity index (χ3v) is 5.65. The minimum Gasteiger partial charge on any atom is -0.508 e. The first-order chi connectivity index (χ1) is 13.1. The maximum absolute atomic E-state index is 12.9. The number of ketones is 1. The number of hydrogen-bond donors (Lipinski definition) is 3. The number of carbonyl (C=O) groups is 1. The molecule has 6 nitrogen and oxygen atoms in total. The Hall–Kier alpha value is -2.80. The van der Waals surface area contributed by atoms with Crippen LogP contribution in [0.5, 0.6) is 5.75 Å². The lowest BCUT2D eigenvalue weighted by Gasteiger charge is -2.32. The van der Waals surface area contributed by atoms with Gasteiger partial charge in [0.05, 0.1) is 5.56 Å². The number of Topliss-reactive ketones (excluding diaryl/α,β-unsaturated/α-hetero) is 1. The van der Waals surface area contributed by atoms with Gasteiger partial charge in [0.15, 0.2) is 10.9 Å². The van der Waals surface area contributed by atoms with E-state index in [1.165, 1.54) is 11.8 Å². The molecular weight excluding hydrogens is 362 g/mol. The van der Waals surface area contributed by atoms with E-state index in [0.717, 1.165) is 18.5 Å². The molecule has 7 heteroatoms. The standard InChI is InChI=1S/C20H19N3O3S/c1-2-9-27-20-22-18-17(19(26)23-20)15(11-5-3-6-12(24)10-11)16-13(21-18)7-4-8-14(16)25/h2-3,5-6,10,15,24H,1,4,7-9H2,(H2,21,22,23,26). The van der Waals surface area contributed by atoms with Crippen LogP contribution in [0.2, 0.25) is 0 Å². The maximum atomic E-state index is 12.9. The highest BCUT2D eigenvalue weighted by Crippen LogP contribution is 2.43. The number of carbonyl (C=O) groups excluding carboxylic acids is 1. The molecule has 0 saturated heterocycles. The predicted octanol–water partition coefficient (Wildman–Crippen LogP) is 3.32. The summed E-state index contributed by atoms with van der Waals surface area (Å²) in [6.45, 7) is 3.68. The van der Waals surface area contributed by atoms with Crippen LogP contribution in [0.4, 0.5) is 5.82 Å². The van der Waals surface area contributed by atoms with Gasteiger partial charge in [-0.15, -0.1) is 6.58 Å². The van der Waals surface area contributed by atoms with Crippen LogP contribution < -0.4 is 10.9 Å². The number of hydrogen-bond acceptors (Lipinski definition) is 6. The Bertz CT molecular complexity index is 1030. The van der Waals surface area contributed by atoms with Gasteiger partial charge in [0.1, 0.15) is 11.6 Å². The number of nitrogens with one attached hydrogen (secondary N) is 2. The Labute approximate surface area is 160 Å². The molecule has 1 aliphatic heterocycles. The van der Waals surface area contributed by atoms with E-state index in [-0.39, 0.29) is 17.1 Å². The highest BCUT2D eigenvalue weighted by atomic mass is 32.2. The van der Waals surface area contributed by atoms with Crippen molar-refractivity contribution in [1.82, 2.24) is 9.97 Å². The second kappa shape index (κ2) is 7.08. The molecule has 0 spiro atoms. The molecule has 2 heterocycles. The lowest BCUT2D eigenvalue weighted by Crippen LogP contribution is -2.32. The monoisotopic (exact) mass is 381 g/mol. The molecule has 27 heavy (non-hydrogen) atoms. The van der Waals surface area contributed by atoms with Crippen molar-refractivity contribution in [2.24, 2.45) is 0 Å². The van der Waals surface area contributed by atoms with Gasteiger partial charge in [-0.25, -0.2) is 4.98 Å². The van der Waals surface area contributed by atoms with Crippen LogP contribution in [0.3, 0.4) is 0 Å². The van der Waals surface area contributed by atoms with E-state index >= 15 is 0 Å². The molecule has 1 aromatic heterocycles. The van der Waals surface area contributed by atoms with Crippen LogP contribution in [-0.2, 0) is 4.79 Å². The zero-order valence-corrected chi connectivity index (χ0v) is 15.4. The van der Waals surface area contributed by atoms with Crippen LogP contribution in [0.1, 0.15) is 36.3 Å². The van der Waals surface area contributed by atoms with E-state index in [4.69, 9.17) is 0 Å². The molecule has 1 unspecified atom stereocenters. The van der Waals surface area contributed by atoms with Gasteiger partial charge < -0.3 is 15.4 Å². The average molecular weight is 381 g/mol. The smallest absolute Gasteiger partial charge is 0.257 e. The van der Waals surface area contributed by atoms with E-state index in [0.29, 0.717) is 39.8 Å². The number of nitrogens with zero attached hydrogens (tertiary/aromatic N) is 1. The molecule has 2 aliphatic rings. The molecule has 0 bridgehead atoms. The van der Waals surface area contributed by atoms with Crippen molar-refractivity contribution in [2.75, 3.05) is 11.1 Å². The van der Waals surface area contributed by atoms with E-state index < -0.39 is 5.92 Å². The lowest BCUT2D eigenvalue weighted by molar-refractivity contribution is -0.116. The average Bonchev–Trinajstić information content (AvgIpc) is 2.65. The molecule has 138 valence electrons. The first-order valence-corrected chi connectivity index (χ1v) is 9.77. The zero-order valence-electron chi connectivity index (χ0n) is 14.6. The SMILES string of the molecule is C=CCSc1nc2c(c(=O)[nH]1)C(c1cccc(O)c1)C1=C(CCCC1=O)N2. The number of aromatic amines is 1. The van der Waals surface area contributed by atoms with E-state index in [1.54, 1.807) is 24.3 Å². The minimum atomic E-state index is -0.536. The van der Waals surface area contributed by atoms with E-state index in [1.807, 2.05) is 6.07 Å². The largest absolute Gasteiger partial charge is 0.508 e. The molecule has 3 N–H and O–H groups in total. The Kier molecular flexibility index (Phi) is 4.61. The number of phenols is 1. The lowest BCUT2D eigenvalue weighted by atomic mass is 9.76. The number of H-pyrrole nitrogens is 1. The van der Waals surface area contributed by atoms with Gasteiger partial charge in [-0.3, -0.25) is 9.59 Å². The summed E-state index contributed by atoms with van der Waals surface area (Å²) in [4.78, 5) is 33.0. The summed E-state index contributed by atoms with van der Waals surface area (Å²) in [5.41, 5.74) is 2.28. The fourth-order valence-electron chi connectivity index (χ4n) is 3.68. The third-order valence-electron chi connectivity index (χ3n) is 4.78. The second-order valence-corrected chi connectivity index (χ2v) is 7.56. The summed E-state index contributed by atoms with van der Waals surface area (Å²) in [6.07, 6.45) is 3.71. The van der Waals surface area contributed by atoms with Gasteiger partial charge in [-0.2, -0.15) is 0 Å². The topological polar surface area (TPSA) is 95.1 Å². The number of fused-ring (bicyclic) bond motifs is 1. The molecule has 0 fully saturated rings. The normalized spacial score (nSPS) is 18.5. The van der Waals surface area contributed by atoms with Crippen LogP contribution >= 0.6 is 11.8 Å². The molecule has 1 atom stereocenters. The summed E-state index contributed by atoms with van der Waals surface area (Å²) >= 11 is 1.39. The number of rotatable bonds is 4. The van der Waals surface area contributed by atoms with Gasteiger partial charge >= 0.3 is 0 Å². The van der Waals surface area contributed by atoms with Gasteiger partial charge in [-0.1, -0.05) is 30.0 Å². The van der Waals surface area contributed by atoms with Gasteiger partial charge in [0.2, 0.25) is 0 Å². The number of benzene rings is 1. The number of aromatic hydroxyl groups is 1. The molecule has 4 rings (SSSR count). The van der Waals surface area contributed by atoms with Crippen molar-refractivity contribution < 1.29 is 9.90 Å². The summed E-state index contributed by atoms with van der Waals surface area (Å²) in [5, 5.41) is 13.7. The van der Waals surface area contributed by atoms with Crippen molar-refractivity contribution >= 4 is 23.4 Å². The third kappa shape index (κ3) is 3.19.